The Hall–Kier alpha value is -3.12. The molecule has 4 N–H and O–H groups in total. The number of anilines is 1. The molecule has 11 nitrogen and oxygen atoms in total. The zero-order chi connectivity index (χ0) is 19.4. The molecule has 0 aliphatic heterocycles. The average molecular weight is 392 g/mol. The Morgan fingerprint density at radius 3 is 1.76 bits per heavy atom. The lowest BCUT2D eigenvalue weighted by Gasteiger charge is -1.99. The quantitative estimate of drug-likeness (QED) is 0.231. The van der Waals surface area contributed by atoms with Crippen LogP contribution in [0.5, 0.6) is 11.5 Å². The average Bonchev–Trinajstić information content (AvgIpc) is 2.49. The second-order valence-electron chi connectivity index (χ2n) is 4.29. The number of phenols is 2. The van der Waals surface area contributed by atoms with Crippen molar-refractivity contribution in [1.82, 2.24) is 0 Å². The predicted molar refractivity (Wildman–Crippen MR) is 87.0 cm³/mol. The zero-order valence-electron chi connectivity index (χ0n) is 12.1. The first-order chi connectivity index (χ1) is 11.5. The topological polar surface area (TPSA) is 187 Å². The Kier molecular flexibility index (Phi) is 6.08. The molecule has 0 atom stereocenters. The maximum Gasteiger partial charge on any atom is 0.312 e. The minimum absolute atomic E-state index is 0.0131. The summed E-state index contributed by atoms with van der Waals surface area (Å²) >= 11 is 0. The minimum atomic E-state index is -4.17. The van der Waals surface area contributed by atoms with Crippen molar-refractivity contribution >= 4 is 36.8 Å². The van der Waals surface area contributed by atoms with Crippen molar-refractivity contribution in [3.8, 4) is 11.5 Å². The number of benzene rings is 2. The molecule has 0 aliphatic carbocycles. The molecule has 0 aliphatic rings. The fraction of sp³-hybridized carbons (Fsp3) is 0. The van der Waals surface area contributed by atoms with Crippen LogP contribution in [0.4, 0.5) is 17.1 Å². The normalized spacial score (nSPS) is 10.4. The summed E-state index contributed by atoms with van der Waals surface area (Å²) in [6.45, 7) is 0. The number of nitrogens with zero attached hydrogens (tertiary/aromatic N) is 2. The highest BCUT2D eigenvalue weighted by atomic mass is 35.7. The molecule has 0 amide bonds. The third kappa shape index (κ3) is 4.92. The summed E-state index contributed by atoms with van der Waals surface area (Å²) in [5.74, 6) is -1.43. The SMILES string of the molecule is Nc1cccc([N+](=O)[O-])c1O.O=[N+]([O-])c1cccc(S(=O)(=O)Cl)c1O. The highest BCUT2D eigenvalue weighted by molar-refractivity contribution is 8.13. The maximum atomic E-state index is 10.8. The van der Waals surface area contributed by atoms with Gasteiger partial charge in [-0.15, -0.1) is 0 Å². The number of aromatic hydroxyl groups is 2. The zero-order valence-corrected chi connectivity index (χ0v) is 13.6. The summed E-state index contributed by atoms with van der Waals surface area (Å²) in [6.07, 6.45) is 0. The molecule has 0 spiro atoms. The third-order valence-corrected chi connectivity index (χ3v) is 4.03. The molecule has 134 valence electrons. The van der Waals surface area contributed by atoms with E-state index in [-0.39, 0.29) is 11.4 Å². The van der Waals surface area contributed by atoms with Crippen molar-refractivity contribution in [1.29, 1.82) is 0 Å². The van der Waals surface area contributed by atoms with Crippen LogP contribution >= 0.6 is 10.7 Å². The molecule has 13 heteroatoms. The molecule has 0 bridgehead atoms. The molecule has 0 unspecified atom stereocenters. The molecular formula is C12H10ClN3O8S. The van der Waals surface area contributed by atoms with E-state index in [1.54, 1.807) is 0 Å². The Morgan fingerprint density at radius 2 is 1.36 bits per heavy atom. The maximum absolute atomic E-state index is 10.8. The molecule has 0 saturated carbocycles. The first-order valence-corrected chi connectivity index (χ1v) is 8.40. The van der Waals surface area contributed by atoms with Gasteiger partial charge in [0, 0.05) is 22.8 Å². The Morgan fingerprint density at radius 1 is 0.920 bits per heavy atom. The number of nitro groups is 2. The molecule has 0 saturated heterocycles. The summed E-state index contributed by atoms with van der Waals surface area (Å²) in [4.78, 5) is 18.2. The highest BCUT2D eigenvalue weighted by Crippen LogP contribution is 2.34. The van der Waals surface area contributed by atoms with Gasteiger partial charge in [0.15, 0.2) is 0 Å². The van der Waals surface area contributed by atoms with E-state index in [0.717, 1.165) is 18.2 Å². The van der Waals surface area contributed by atoms with E-state index < -0.39 is 41.0 Å². The fourth-order valence-electron chi connectivity index (χ4n) is 1.55. The van der Waals surface area contributed by atoms with E-state index in [1.165, 1.54) is 18.2 Å². The molecule has 0 fully saturated rings. The van der Waals surface area contributed by atoms with Crippen molar-refractivity contribution in [2.24, 2.45) is 0 Å². The largest absolute Gasteiger partial charge is 0.501 e. The number of nitrogens with two attached hydrogens (primary N) is 1. The third-order valence-electron chi connectivity index (χ3n) is 2.68. The molecule has 0 radical (unpaired) electrons. The lowest BCUT2D eigenvalue weighted by Crippen LogP contribution is -1.95. The number of phenolic OH excluding ortho intramolecular Hbond substituents is 2. The minimum Gasteiger partial charge on any atom is -0.501 e. The lowest BCUT2D eigenvalue weighted by molar-refractivity contribution is -0.386. The number of nitrogen functional groups attached to an aromatic ring is 1. The van der Waals surface area contributed by atoms with Gasteiger partial charge in [-0.25, -0.2) is 8.42 Å². The smallest absolute Gasteiger partial charge is 0.312 e. The van der Waals surface area contributed by atoms with E-state index in [4.69, 9.17) is 21.5 Å². The van der Waals surface area contributed by atoms with Crippen molar-refractivity contribution < 1.29 is 28.5 Å². The number of hydrogen-bond acceptors (Lipinski definition) is 9. The van der Waals surface area contributed by atoms with E-state index in [0.29, 0.717) is 0 Å². The fourth-order valence-corrected chi connectivity index (χ4v) is 2.50. The molecule has 2 aromatic rings. The van der Waals surface area contributed by atoms with Gasteiger partial charge in [-0.2, -0.15) is 0 Å². The second kappa shape index (κ2) is 7.63. The van der Waals surface area contributed by atoms with Crippen molar-refractivity contribution in [3.63, 3.8) is 0 Å². The van der Waals surface area contributed by atoms with Gasteiger partial charge in [0.25, 0.3) is 9.05 Å². The Bertz CT molecular complexity index is 932. The number of para-hydroxylation sites is 2. The molecule has 0 aromatic heterocycles. The van der Waals surface area contributed by atoms with Gasteiger partial charge in [0.1, 0.15) is 4.90 Å². The van der Waals surface area contributed by atoms with Crippen LogP contribution in [-0.2, 0) is 9.05 Å². The van der Waals surface area contributed by atoms with E-state index in [2.05, 4.69) is 0 Å². The number of rotatable bonds is 3. The van der Waals surface area contributed by atoms with E-state index >= 15 is 0 Å². The van der Waals surface area contributed by atoms with Crippen molar-refractivity contribution in [2.45, 2.75) is 4.90 Å². The summed E-state index contributed by atoms with van der Waals surface area (Å²) in [5, 5.41) is 38.7. The van der Waals surface area contributed by atoms with E-state index in [1.807, 2.05) is 0 Å². The van der Waals surface area contributed by atoms with E-state index in [9.17, 15) is 33.8 Å². The second-order valence-corrected chi connectivity index (χ2v) is 6.83. The van der Waals surface area contributed by atoms with Crippen LogP contribution in [0.1, 0.15) is 0 Å². The van der Waals surface area contributed by atoms with Gasteiger partial charge in [-0.05, 0) is 12.1 Å². The van der Waals surface area contributed by atoms with Gasteiger partial charge < -0.3 is 15.9 Å². The Balaban J connectivity index is 0.000000257. The van der Waals surface area contributed by atoms with Gasteiger partial charge >= 0.3 is 11.4 Å². The van der Waals surface area contributed by atoms with Crippen LogP contribution in [0.2, 0.25) is 0 Å². The van der Waals surface area contributed by atoms with Crippen LogP contribution in [0.3, 0.4) is 0 Å². The first kappa shape index (κ1) is 19.9. The van der Waals surface area contributed by atoms with Gasteiger partial charge in [-0.3, -0.25) is 20.2 Å². The van der Waals surface area contributed by atoms with Crippen molar-refractivity contribution in [3.05, 3.63) is 56.6 Å². The molecule has 2 rings (SSSR count). The summed E-state index contributed by atoms with van der Waals surface area (Å²) in [6, 6.07) is 7.06. The highest BCUT2D eigenvalue weighted by Gasteiger charge is 2.23. The molecule has 25 heavy (non-hydrogen) atoms. The number of nitro benzene ring substituents is 2. The van der Waals surface area contributed by atoms with Crippen LogP contribution in [0.15, 0.2) is 41.3 Å². The van der Waals surface area contributed by atoms with Crippen LogP contribution in [0, 0.1) is 20.2 Å². The molecule has 0 heterocycles. The van der Waals surface area contributed by atoms with Gasteiger partial charge in [0.2, 0.25) is 11.5 Å². The summed E-state index contributed by atoms with van der Waals surface area (Å²) in [5.41, 5.74) is 4.14. The predicted octanol–water partition coefficient (Wildman–Crippen LogP) is 2.11. The van der Waals surface area contributed by atoms with Gasteiger partial charge in [-0.1, -0.05) is 12.1 Å². The van der Waals surface area contributed by atoms with Crippen LogP contribution < -0.4 is 5.73 Å². The summed E-state index contributed by atoms with van der Waals surface area (Å²) < 4.78 is 21.6. The number of hydrogen-bond donors (Lipinski definition) is 3. The van der Waals surface area contributed by atoms with Crippen LogP contribution in [-0.4, -0.2) is 28.5 Å². The van der Waals surface area contributed by atoms with Crippen molar-refractivity contribution in [2.75, 3.05) is 5.73 Å². The monoisotopic (exact) mass is 391 g/mol. The summed E-state index contributed by atoms with van der Waals surface area (Å²) in [7, 11) is 0.758. The number of halogens is 1. The lowest BCUT2D eigenvalue weighted by atomic mass is 10.2. The molecular weight excluding hydrogens is 382 g/mol. The first-order valence-electron chi connectivity index (χ1n) is 6.09. The van der Waals surface area contributed by atoms with Gasteiger partial charge in [0.05, 0.1) is 15.5 Å². The standard InChI is InChI=1S/C6H4ClNO5S.C6H6N2O3/c7-14(12,13)5-3-1-2-4(6(5)9)8(10)11;7-4-2-1-3-5(6(4)9)8(10)11/h1-3,9H;1-3,9H,7H2. The van der Waals surface area contributed by atoms with Crippen LogP contribution in [0.25, 0.3) is 0 Å². The molecule has 2 aromatic carbocycles. The Labute approximate surface area is 144 Å².